The van der Waals surface area contributed by atoms with Crippen LogP contribution >= 0.6 is 0 Å². The minimum Gasteiger partial charge on any atom is -0.324 e. The van der Waals surface area contributed by atoms with Crippen LogP contribution < -0.4 is 4.57 Å². The molecule has 0 bridgehead atoms. The van der Waals surface area contributed by atoms with Gasteiger partial charge in [0.05, 0.1) is 32.6 Å². The summed E-state index contributed by atoms with van der Waals surface area (Å²) in [6.45, 7) is 15.5. The summed E-state index contributed by atoms with van der Waals surface area (Å²) in [4.78, 5) is 0. The second-order valence-corrected chi connectivity index (χ2v) is 8.74. The highest BCUT2D eigenvalue weighted by molar-refractivity contribution is 5.07. The van der Waals surface area contributed by atoms with E-state index in [4.69, 9.17) is 0 Å². The van der Waals surface area contributed by atoms with E-state index in [1.165, 1.54) is 113 Å². The molecule has 0 atom stereocenters. The molecule has 28 heavy (non-hydrogen) atoms. The van der Waals surface area contributed by atoms with Gasteiger partial charge >= 0.3 is 0 Å². The Bertz CT molecular complexity index is 454. The van der Waals surface area contributed by atoms with Crippen molar-refractivity contribution in [2.75, 3.05) is 26.2 Å². The number of quaternary nitrogens is 1. The molecule has 1 aromatic rings. The van der Waals surface area contributed by atoms with Crippen LogP contribution in [0.5, 0.6) is 0 Å². The minimum atomic E-state index is 1.15. The number of pyridine rings is 1. The van der Waals surface area contributed by atoms with Gasteiger partial charge in [0.25, 0.3) is 0 Å². The van der Waals surface area contributed by atoms with Gasteiger partial charge in [-0.3, -0.25) is 0 Å². The van der Waals surface area contributed by atoms with E-state index in [1.54, 1.807) is 0 Å². The first-order valence-electron chi connectivity index (χ1n) is 12.5. The van der Waals surface area contributed by atoms with Crippen LogP contribution in [-0.4, -0.2) is 30.7 Å². The van der Waals surface area contributed by atoms with Gasteiger partial charge < -0.3 is 4.48 Å². The van der Waals surface area contributed by atoms with Crippen LogP contribution in [0.15, 0.2) is 24.5 Å². The molecule has 2 nitrogen and oxygen atoms in total. The number of hydrogen-bond donors (Lipinski definition) is 0. The summed E-state index contributed by atoms with van der Waals surface area (Å²) in [6, 6.07) is 4.69. The topological polar surface area (TPSA) is 3.88 Å². The molecule has 0 aromatic carbocycles. The van der Waals surface area contributed by atoms with Crippen molar-refractivity contribution in [3.63, 3.8) is 0 Å². The lowest BCUT2D eigenvalue weighted by molar-refractivity contribution is -0.925. The van der Waals surface area contributed by atoms with Crippen LogP contribution in [-0.2, 0) is 13.0 Å². The second-order valence-electron chi connectivity index (χ2n) is 8.74. The van der Waals surface area contributed by atoms with Gasteiger partial charge in [0, 0.05) is 12.1 Å². The Morgan fingerprint density at radius 3 is 1.64 bits per heavy atom. The molecular weight excluding hydrogens is 340 g/mol. The number of aryl methyl sites for hydroxylation is 2. The van der Waals surface area contributed by atoms with Crippen molar-refractivity contribution in [3.05, 3.63) is 30.1 Å². The van der Waals surface area contributed by atoms with Gasteiger partial charge in [0.2, 0.25) is 0 Å². The highest BCUT2D eigenvalue weighted by atomic mass is 15.3. The fourth-order valence-corrected chi connectivity index (χ4v) is 4.35. The zero-order valence-electron chi connectivity index (χ0n) is 19.7. The summed E-state index contributed by atoms with van der Waals surface area (Å²) < 4.78 is 3.63. The molecule has 0 spiro atoms. The van der Waals surface area contributed by atoms with Crippen LogP contribution in [0.25, 0.3) is 0 Å². The van der Waals surface area contributed by atoms with Crippen LogP contribution in [0.1, 0.15) is 104 Å². The van der Waals surface area contributed by atoms with Crippen LogP contribution in [0.2, 0.25) is 0 Å². The van der Waals surface area contributed by atoms with E-state index in [-0.39, 0.29) is 0 Å². The van der Waals surface area contributed by atoms with E-state index < -0.39 is 0 Å². The van der Waals surface area contributed by atoms with Crippen LogP contribution in [0.4, 0.5) is 0 Å². The zero-order valence-corrected chi connectivity index (χ0v) is 19.7. The van der Waals surface area contributed by atoms with Crippen molar-refractivity contribution >= 4 is 0 Å². The number of aromatic nitrogens is 1. The van der Waals surface area contributed by atoms with E-state index in [0.717, 1.165) is 6.54 Å². The fourth-order valence-electron chi connectivity index (χ4n) is 4.35. The highest BCUT2D eigenvalue weighted by Crippen LogP contribution is 2.12. The van der Waals surface area contributed by atoms with E-state index >= 15 is 0 Å². The molecule has 2 heteroatoms. The predicted molar refractivity (Wildman–Crippen MR) is 124 cm³/mol. The van der Waals surface area contributed by atoms with Crippen LogP contribution in [0.3, 0.4) is 0 Å². The Hall–Kier alpha value is -0.890. The molecule has 0 aliphatic heterocycles. The highest BCUT2D eigenvalue weighted by Gasteiger charge is 2.20. The summed E-state index contributed by atoms with van der Waals surface area (Å²) in [6.07, 6.45) is 21.3. The third kappa shape index (κ3) is 10.6. The average molecular weight is 391 g/mol. The van der Waals surface area contributed by atoms with Gasteiger partial charge in [-0.05, 0) is 39.2 Å². The first-order chi connectivity index (χ1) is 13.7. The first-order valence-corrected chi connectivity index (χ1v) is 12.5. The van der Waals surface area contributed by atoms with E-state index in [9.17, 15) is 0 Å². The summed E-state index contributed by atoms with van der Waals surface area (Å²) >= 11 is 0. The van der Waals surface area contributed by atoms with Gasteiger partial charge in [-0.25, -0.2) is 4.57 Å². The molecule has 0 N–H and O–H groups in total. The lowest BCUT2D eigenvalue weighted by Crippen LogP contribution is -2.49. The Kier molecular flexibility index (Phi) is 14.3. The molecule has 0 saturated heterocycles. The van der Waals surface area contributed by atoms with Crippen molar-refractivity contribution in [1.29, 1.82) is 0 Å². The molecule has 0 radical (unpaired) electrons. The quantitative estimate of drug-likeness (QED) is 0.149. The Morgan fingerprint density at radius 1 is 0.643 bits per heavy atom. The SMILES string of the molecule is CCCCCCCCCCCCc1cc[n+](CCC[N+](CC)(CC)CC)cc1. The molecule has 0 unspecified atom stereocenters. The van der Waals surface area contributed by atoms with Crippen molar-refractivity contribution in [1.82, 2.24) is 0 Å². The average Bonchev–Trinajstić information content (AvgIpc) is 2.74. The van der Waals surface area contributed by atoms with E-state index in [2.05, 4.69) is 56.8 Å². The lowest BCUT2D eigenvalue weighted by atomic mass is 10.0. The Labute approximate surface area is 176 Å². The van der Waals surface area contributed by atoms with Gasteiger partial charge in [0.15, 0.2) is 18.9 Å². The maximum atomic E-state index is 2.37. The molecule has 0 saturated carbocycles. The third-order valence-electron chi connectivity index (χ3n) is 6.84. The largest absolute Gasteiger partial charge is 0.324 e. The molecule has 0 amide bonds. The number of rotatable bonds is 18. The minimum absolute atomic E-state index is 1.15. The molecule has 1 heterocycles. The van der Waals surface area contributed by atoms with E-state index in [0.29, 0.717) is 0 Å². The number of nitrogens with zero attached hydrogens (tertiary/aromatic N) is 2. The zero-order chi connectivity index (χ0) is 20.5. The molecule has 162 valence electrons. The normalized spacial score (nSPS) is 11.9. The molecule has 0 aliphatic carbocycles. The van der Waals surface area contributed by atoms with Crippen molar-refractivity contribution < 1.29 is 9.05 Å². The van der Waals surface area contributed by atoms with Crippen molar-refractivity contribution in [2.24, 2.45) is 0 Å². The maximum Gasteiger partial charge on any atom is 0.169 e. The van der Waals surface area contributed by atoms with Gasteiger partial charge in [0.1, 0.15) is 0 Å². The molecule has 1 rings (SSSR count). The fraction of sp³-hybridized carbons (Fsp3) is 0.808. The molecule has 1 aromatic heterocycles. The number of hydrogen-bond acceptors (Lipinski definition) is 0. The number of unbranched alkanes of at least 4 members (excludes halogenated alkanes) is 9. The van der Waals surface area contributed by atoms with Crippen molar-refractivity contribution in [2.45, 2.75) is 111 Å². The van der Waals surface area contributed by atoms with Gasteiger partial charge in [-0.2, -0.15) is 0 Å². The third-order valence-corrected chi connectivity index (χ3v) is 6.84. The monoisotopic (exact) mass is 390 g/mol. The summed E-state index contributed by atoms with van der Waals surface area (Å²) in [5.41, 5.74) is 1.51. The predicted octanol–water partition coefficient (Wildman–Crippen LogP) is 6.70. The Morgan fingerprint density at radius 2 is 1.14 bits per heavy atom. The summed E-state index contributed by atoms with van der Waals surface area (Å²) in [7, 11) is 0. The van der Waals surface area contributed by atoms with Gasteiger partial charge in [-0.15, -0.1) is 0 Å². The van der Waals surface area contributed by atoms with Gasteiger partial charge in [-0.1, -0.05) is 64.7 Å². The first kappa shape index (κ1) is 25.1. The summed E-state index contributed by atoms with van der Waals surface area (Å²) in [5.74, 6) is 0. The van der Waals surface area contributed by atoms with E-state index in [1.807, 2.05) is 0 Å². The van der Waals surface area contributed by atoms with Crippen LogP contribution in [0, 0.1) is 0 Å². The Balaban J connectivity index is 2.11. The standard InChI is InChI=1S/C26H50N2/c1-5-9-10-11-12-13-14-15-16-17-19-26-20-23-27(24-21-26)22-18-25-28(6-2,7-3)8-4/h20-21,23-24H,5-19,22,25H2,1-4H3/q+2. The lowest BCUT2D eigenvalue weighted by Gasteiger charge is -2.35. The maximum absolute atomic E-state index is 2.37. The second kappa shape index (κ2) is 16.0. The molecular formula is C26H50N2+2. The smallest absolute Gasteiger partial charge is 0.169 e. The molecule has 0 fully saturated rings. The summed E-state index contributed by atoms with van der Waals surface area (Å²) in [5, 5.41) is 0. The van der Waals surface area contributed by atoms with Crippen molar-refractivity contribution in [3.8, 4) is 0 Å². The molecule has 0 aliphatic rings.